The molecule has 0 N–H and O–H groups in total. The molecule has 0 fully saturated rings. The van der Waals surface area contributed by atoms with Gasteiger partial charge in [0.15, 0.2) is 0 Å². The lowest BCUT2D eigenvalue weighted by Gasteiger charge is -2.21. The molecule has 10 aromatic rings. The lowest BCUT2D eigenvalue weighted by Crippen LogP contribution is -2.14. The molecule has 0 atom stereocenters. The predicted molar refractivity (Wildman–Crippen MR) is 239 cm³/mol. The predicted octanol–water partition coefficient (Wildman–Crippen LogP) is 13.6. The lowest BCUT2D eigenvalue weighted by molar-refractivity contribution is 0.660. The van der Waals surface area contributed by atoms with Crippen LogP contribution >= 0.6 is 0 Å². The summed E-state index contributed by atoms with van der Waals surface area (Å²) in [6, 6.07) is 65.4. The maximum atomic E-state index is 5.00. The van der Waals surface area contributed by atoms with Crippen LogP contribution < -0.4 is 0 Å². The Morgan fingerprint density at radius 3 is 1.72 bits per heavy atom. The molecular weight excluding hydrogens is 705 g/mol. The van der Waals surface area contributed by atoms with E-state index >= 15 is 0 Å². The zero-order valence-corrected chi connectivity index (χ0v) is 32.3. The van der Waals surface area contributed by atoms with Gasteiger partial charge in [0.25, 0.3) is 0 Å². The van der Waals surface area contributed by atoms with Gasteiger partial charge in [-0.1, -0.05) is 117 Å². The average molecular weight is 743 g/mol. The molecule has 0 spiro atoms. The van der Waals surface area contributed by atoms with Crippen LogP contribution in [-0.4, -0.2) is 19.5 Å². The van der Waals surface area contributed by atoms with Crippen LogP contribution in [0.4, 0.5) is 0 Å². The highest BCUT2D eigenvalue weighted by atomic mass is 15.0. The molecule has 0 unspecified atom stereocenters. The van der Waals surface area contributed by atoms with E-state index in [-0.39, 0.29) is 5.41 Å². The summed E-state index contributed by atoms with van der Waals surface area (Å²) in [4.78, 5) is 14.3. The van der Waals surface area contributed by atoms with Crippen molar-refractivity contribution in [2.45, 2.75) is 19.3 Å². The number of aromatic nitrogens is 4. The molecule has 0 radical (unpaired) electrons. The van der Waals surface area contributed by atoms with Crippen LogP contribution in [0.2, 0.25) is 0 Å². The molecule has 1 aliphatic rings. The second kappa shape index (κ2) is 13.4. The summed E-state index contributed by atoms with van der Waals surface area (Å²) in [5.74, 6) is 0. The lowest BCUT2D eigenvalue weighted by atomic mass is 9.82. The van der Waals surface area contributed by atoms with Crippen molar-refractivity contribution in [2.75, 3.05) is 0 Å². The summed E-state index contributed by atoms with van der Waals surface area (Å²) in [7, 11) is 0. The van der Waals surface area contributed by atoms with Gasteiger partial charge in [-0.3, -0.25) is 9.97 Å². The number of para-hydroxylation sites is 1. The summed E-state index contributed by atoms with van der Waals surface area (Å²) in [6.45, 7) is 4.68. The smallest absolute Gasteiger partial charge is 0.0900 e. The van der Waals surface area contributed by atoms with Crippen LogP contribution in [0.1, 0.15) is 25.0 Å². The van der Waals surface area contributed by atoms with E-state index in [1.54, 1.807) is 0 Å². The Hall–Kier alpha value is -7.43. The molecule has 0 amide bonds. The van der Waals surface area contributed by atoms with Gasteiger partial charge in [-0.2, -0.15) is 0 Å². The molecule has 6 aromatic carbocycles. The maximum Gasteiger partial charge on any atom is 0.0900 e. The summed E-state index contributed by atoms with van der Waals surface area (Å²) < 4.78 is 2.41. The first-order valence-electron chi connectivity index (χ1n) is 19.8. The summed E-state index contributed by atoms with van der Waals surface area (Å²) in [6.07, 6.45) is 3.62. The molecule has 0 saturated heterocycles. The third kappa shape index (κ3) is 5.56. The van der Waals surface area contributed by atoms with Crippen LogP contribution in [-0.2, 0) is 5.41 Å². The first-order valence-corrected chi connectivity index (χ1v) is 19.8. The number of hydrogen-bond donors (Lipinski definition) is 0. The van der Waals surface area contributed by atoms with Gasteiger partial charge in [0.2, 0.25) is 0 Å². The van der Waals surface area contributed by atoms with Gasteiger partial charge in [0.05, 0.1) is 33.8 Å². The highest BCUT2D eigenvalue weighted by Crippen LogP contribution is 2.50. The molecule has 0 aliphatic heterocycles. The van der Waals surface area contributed by atoms with E-state index < -0.39 is 0 Å². The van der Waals surface area contributed by atoms with E-state index in [0.717, 1.165) is 50.7 Å². The minimum Gasteiger partial charge on any atom is -0.309 e. The third-order valence-corrected chi connectivity index (χ3v) is 11.9. The van der Waals surface area contributed by atoms with Gasteiger partial charge in [0.1, 0.15) is 0 Å². The largest absolute Gasteiger partial charge is 0.309 e. The monoisotopic (exact) mass is 742 g/mol. The molecule has 1 aliphatic carbocycles. The first kappa shape index (κ1) is 33.9. The van der Waals surface area contributed by atoms with Crippen LogP contribution in [0.25, 0.3) is 94.8 Å². The van der Waals surface area contributed by atoms with Crippen molar-refractivity contribution < 1.29 is 0 Å². The van der Waals surface area contributed by atoms with E-state index in [9.17, 15) is 0 Å². The number of benzene rings is 6. The van der Waals surface area contributed by atoms with E-state index in [1.165, 1.54) is 55.2 Å². The minimum atomic E-state index is -0.0157. The van der Waals surface area contributed by atoms with Crippen molar-refractivity contribution in [1.29, 1.82) is 0 Å². The fourth-order valence-corrected chi connectivity index (χ4v) is 9.00. The van der Waals surface area contributed by atoms with Gasteiger partial charge in [-0.25, -0.2) is 4.98 Å². The Labute approximate surface area is 337 Å². The van der Waals surface area contributed by atoms with Gasteiger partial charge in [0, 0.05) is 34.3 Å². The quantitative estimate of drug-likeness (QED) is 0.170. The van der Waals surface area contributed by atoms with Crippen molar-refractivity contribution in [3.63, 3.8) is 0 Å². The standard InChI is InChI=1S/C54H38N4/c1-54(2)46-18-7-6-17-42(46)44-30-37(22-25-47(44)54)38-23-26-52-45(31-38)43-24-21-39(34-53(43)58(52)41-15-4-3-5-16-41)35-13-12-14-36(29-35)40-32-50(48-19-8-10-27-55-48)57-51(33-40)49-20-9-11-28-56-49/h3-34H,1-2H3. The van der Waals surface area contributed by atoms with Crippen LogP contribution in [0.15, 0.2) is 194 Å². The first-order chi connectivity index (χ1) is 28.5. The van der Waals surface area contributed by atoms with Crippen molar-refractivity contribution >= 4 is 21.8 Å². The topological polar surface area (TPSA) is 43.6 Å². The molecule has 0 saturated carbocycles. The molecule has 4 heteroatoms. The van der Waals surface area contributed by atoms with Gasteiger partial charge in [-0.05, 0) is 134 Å². The molecule has 58 heavy (non-hydrogen) atoms. The zero-order chi connectivity index (χ0) is 38.8. The number of fused-ring (bicyclic) bond motifs is 6. The molecule has 4 aromatic heterocycles. The molecule has 11 rings (SSSR count). The molecule has 4 nitrogen and oxygen atoms in total. The van der Waals surface area contributed by atoms with Crippen LogP contribution in [0.5, 0.6) is 0 Å². The summed E-state index contributed by atoms with van der Waals surface area (Å²) >= 11 is 0. The molecule has 274 valence electrons. The maximum absolute atomic E-state index is 5.00. The highest BCUT2D eigenvalue weighted by Gasteiger charge is 2.35. The molecule has 4 heterocycles. The van der Waals surface area contributed by atoms with Gasteiger partial charge >= 0.3 is 0 Å². The number of nitrogens with zero attached hydrogens (tertiary/aromatic N) is 4. The average Bonchev–Trinajstić information content (AvgIpc) is 3.74. The van der Waals surface area contributed by atoms with Crippen molar-refractivity contribution in [3.05, 3.63) is 206 Å². The Morgan fingerprint density at radius 2 is 0.983 bits per heavy atom. The second-order valence-electron chi connectivity index (χ2n) is 15.7. The van der Waals surface area contributed by atoms with E-state index in [0.29, 0.717) is 0 Å². The zero-order valence-electron chi connectivity index (χ0n) is 32.3. The van der Waals surface area contributed by atoms with E-state index in [2.05, 4.69) is 174 Å². The Morgan fingerprint density at radius 1 is 0.379 bits per heavy atom. The van der Waals surface area contributed by atoms with Crippen molar-refractivity contribution in [3.8, 4) is 73.0 Å². The fraction of sp³-hybridized carbons (Fsp3) is 0.0556. The Bertz CT molecular complexity index is 3120. The number of hydrogen-bond acceptors (Lipinski definition) is 3. The highest BCUT2D eigenvalue weighted by molar-refractivity contribution is 6.11. The fourth-order valence-electron chi connectivity index (χ4n) is 9.00. The van der Waals surface area contributed by atoms with E-state index in [1.807, 2.05) is 48.8 Å². The van der Waals surface area contributed by atoms with Gasteiger partial charge in [-0.15, -0.1) is 0 Å². The van der Waals surface area contributed by atoms with Crippen LogP contribution in [0, 0.1) is 0 Å². The summed E-state index contributed by atoms with van der Waals surface area (Å²) in [5, 5.41) is 2.46. The summed E-state index contributed by atoms with van der Waals surface area (Å²) in [5.41, 5.74) is 19.1. The van der Waals surface area contributed by atoms with Crippen molar-refractivity contribution in [2.24, 2.45) is 0 Å². The molecular formula is C54H38N4. The normalized spacial score (nSPS) is 12.8. The molecule has 0 bridgehead atoms. The van der Waals surface area contributed by atoms with Gasteiger partial charge < -0.3 is 4.57 Å². The van der Waals surface area contributed by atoms with Crippen LogP contribution in [0.3, 0.4) is 0 Å². The third-order valence-electron chi connectivity index (χ3n) is 11.9. The van der Waals surface area contributed by atoms with Crippen molar-refractivity contribution in [1.82, 2.24) is 19.5 Å². The van der Waals surface area contributed by atoms with E-state index in [4.69, 9.17) is 4.98 Å². The minimum absolute atomic E-state index is 0.0157. The Kier molecular flexibility index (Phi) is 7.80. The number of rotatable bonds is 6. The second-order valence-corrected chi connectivity index (χ2v) is 15.7. The number of pyridine rings is 3. The SMILES string of the molecule is CC1(C)c2ccccc2-c2cc(-c3ccc4c(c3)c3ccc(-c5cccc(-c6cc(-c7ccccn7)nc(-c7ccccn7)c6)c5)cc3n4-c3ccccc3)ccc21. The Balaban J connectivity index is 1.04.